The Hall–Kier alpha value is -2.49. The fraction of sp³-hybridized carbons (Fsp3) is 0.519. The van der Waals surface area contributed by atoms with Crippen molar-refractivity contribution in [2.24, 2.45) is 11.8 Å². The van der Waals surface area contributed by atoms with Gasteiger partial charge in [0.15, 0.2) is 11.3 Å². The van der Waals surface area contributed by atoms with Gasteiger partial charge >= 0.3 is 0 Å². The third-order valence-electron chi connectivity index (χ3n) is 7.20. The lowest BCUT2D eigenvalue weighted by Gasteiger charge is -2.20. The van der Waals surface area contributed by atoms with E-state index in [1.54, 1.807) is 5.57 Å². The highest BCUT2D eigenvalue weighted by molar-refractivity contribution is 5.78. The Balaban J connectivity index is 1.88. The average molecular weight is 415 g/mol. The van der Waals surface area contributed by atoms with Crippen LogP contribution in [0.2, 0.25) is 0 Å². The van der Waals surface area contributed by atoms with Crippen molar-refractivity contribution in [2.75, 3.05) is 0 Å². The number of rotatable bonds is 1. The van der Waals surface area contributed by atoms with E-state index < -0.39 is 0 Å². The van der Waals surface area contributed by atoms with Gasteiger partial charge in [0.25, 0.3) is 0 Å². The van der Waals surface area contributed by atoms with Gasteiger partial charge in [0, 0.05) is 21.7 Å². The second-order valence-electron chi connectivity index (χ2n) is 11.6. The van der Waals surface area contributed by atoms with Crippen molar-refractivity contribution in [1.82, 2.24) is 19.4 Å². The zero-order valence-electron chi connectivity index (χ0n) is 20.0. The molecule has 162 valence electrons. The molecule has 5 rings (SSSR count). The Morgan fingerprint density at radius 3 is 2.29 bits per heavy atom. The molecule has 1 saturated carbocycles. The average Bonchev–Trinajstić information content (AvgIpc) is 3.35. The van der Waals surface area contributed by atoms with Crippen molar-refractivity contribution in [3.05, 3.63) is 45.4 Å². The van der Waals surface area contributed by atoms with Crippen molar-refractivity contribution in [3.8, 4) is 0 Å². The van der Waals surface area contributed by atoms with Crippen LogP contribution in [0.5, 0.6) is 0 Å². The summed E-state index contributed by atoms with van der Waals surface area (Å²) in [6, 6.07) is 4.29. The molecule has 3 heterocycles. The Bertz CT molecular complexity index is 1360. The first kappa shape index (κ1) is 20.4. The molecule has 1 fully saturated rings. The molecule has 3 aromatic rings. The molecular weight excluding hydrogens is 380 g/mol. The number of fused-ring (bicyclic) bond motifs is 5. The molecule has 3 aromatic heterocycles. The normalized spacial score (nSPS) is 22.5. The van der Waals surface area contributed by atoms with Gasteiger partial charge in [-0.2, -0.15) is 0 Å². The first-order valence-corrected chi connectivity index (χ1v) is 11.6. The highest BCUT2D eigenvalue weighted by Gasteiger charge is 2.36. The lowest BCUT2D eigenvalue weighted by Crippen LogP contribution is -2.35. The van der Waals surface area contributed by atoms with Crippen LogP contribution in [-0.4, -0.2) is 19.4 Å². The van der Waals surface area contributed by atoms with Crippen LogP contribution in [0.4, 0.5) is 0 Å². The van der Waals surface area contributed by atoms with Crippen molar-refractivity contribution < 1.29 is 0 Å². The molecule has 0 saturated heterocycles. The van der Waals surface area contributed by atoms with E-state index in [1.807, 2.05) is 0 Å². The lowest BCUT2D eigenvalue weighted by atomic mass is 9.91. The summed E-state index contributed by atoms with van der Waals surface area (Å²) in [5, 5.41) is 1.86. The lowest BCUT2D eigenvalue weighted by molar-refractivity contribution is 0.536. The first-order valence-electron chi connectivity index (χ1n) is 11.6. The van der Waals surface area contributed by atoms with Crippen molar-refractivity contribution in [3.63, 3.8) is 0 Å². The third kappa shape index (κ3) is 3.14. The number of imidazole rings is 1. The minimum atomic E-state index is -0.138. The molecule has 0 N–H and O–H groups in total. The maximum absolute atomic E-state index is 5.07. The molecule has 2 bridgehead atoms. The topological polar surface area (TPSA) is 43.1 Å². The van der Waals surface area contributed by atoms with Crippen molar-refractivity contribution in [2.45, 2.75) is 78.6 Å². The van der Waals surface area contributed by atoms with Gasteiger partial charge in [0.1, 0.15) is 5.82 Å². The molecular formula is C27H34N4. The van der Waals surface area contributed by atoms with E-state index in [0.29, 0.717) is 5.92 Å². The summed E-state index contributed by atoms with van der Waals surface area (Å²) in [5.74, 6) is 2.43. The molecule has 0 aromatic carbocycles. The molecule has 4 heteroatoms. The smallest absolute Gasteiger partial charge is 0.178 e. The van der Waals surface area contributed by atoms with E-state index in [4.69, 9.17) is 15.0 Å². The van der Waals surface area contributed by atoms with Gasteiger partial charge < -0.3 is 0 Å². The summed E-state index contributed by atoms with van der Waals surface area (Å²) < 4.78 is 2.22. The monoisotopic (exact) mass is 414 g/mol. The number of hydrogen-bond acceptors (Lipinski definition) is 3. The summed E-state index contributed by atoms with van der Waals surface area (Å²) in [6.07, 6.45) is 6.29. The Morgan fingerprint density at radius 2 is 1.68 bits per heavy atom. The predicted molar refractivity (Wildman–Crippen MR) is 128 cm³/mol. The van der Waals surface area contributed by atoms with Gasteiger partial charge in [-0.3, -0.25) is 4.40 Å². The summed E-state index contributed by atoms with van der Waals surface area (Å²) in [7, 11) is 0. The highest BCUT2D eigenvalue weighted by Crippen LogP contribution is 2.48. The minimum Gasteiger partial charge on any atom is -0.278 e. The minimum absolute atomic E-state index is 0.0213. The van der Waals surface area contributed by atoms with Crippen molar-refractivity contribution in [1.29, 1.82) is 0 Å². The van der Waals surface area contributed by atoms with Gasteiger partial charge in [0.05, 0.1) is 10.9 Å². The second-order valence-corrected chi connectivity index (χ2v) is 11.6. The number of aromatic nitrogens is 4. The standard InChI is InChI=1S/C27H34N4/c1-15-17-9-10-18(13-17)19(15)14-20-16(2)28-25(27(6,7)8)31-21-11-12-22(26(3,4)5)29-23(21)30-24(20)31/h11-12,14,17-18H,2,9-10,13H2,1,3-8H3/b20-14+. The fourth-order valence-electron chi connectivity index (χ4n) is 5.40. The quantitative estimate of drug-likeness (QED) is 0.574. The van der Waals surface area contributed by atoms with E-state index in [-0.39, 0.29) is 10.8 Å². The maximum Gasteiger partial charge on any atom is 0.178 e. The highest BCUT2D eigenvalue weighted by atomic mass is 15.1. The summed E-state index contributed by atoms with van der Waals surface area (Å²) in [5.41, 5.74) is 6.68. The second kappa shape index (κ2) is 6.51. The fourth-order valence-corrected chi connectivity index (χ4v) is 5.40. The van der Waals surface area contributed by atoms with Crippen LogP contribution in [0.15, 0.2) is 23.3 Å². The van der Waals surface area contributed by atoms with Crippen LogP contribution in [0.3, 0.4) is 0 Å². The number of allylic oxidation sites excluding steroid dienone is 2. The molecule has 2 aliphatic rings. The largest absolute Gasteiger partial charge is 0.278 e. The van der Waals surface area contributed by atoms with Crippen LogP contribution in [0, 0.1) is 11.8 Å². The summed E-state index contributed by atoms with van der Waals surface area (Å²) in [4.78, 5) is 15.1. The van der Waals surface area contributed by atoms with E-state index in [0.717, 1.165) is 44.8 Å². The van der Waals surface area contributed by atoms with Gasteiger partial charge in [-0.1, -0.05) is 53.7 Å². The van der Waals surface area contributed by atoms with Crippen LogP contribution in [0.25, 0.3) is 29.5 Å². The zero-order chi connectivity index (χ0) is 22.3. The molecule has 0 radical (unpaired) electrons. The predicted octanol–water partition coefficient (Wildman–Crippen LogP) is 4.81. The van der Waals surface area contributed by atoms with Crippen LogP contribution in [0.1, 0.15) is 79.2 Å². The van der Waals surface area contributed by atoms with Gasteiger partial charge in [-0.05, 0) is 61.8 Å². The van der Waals surface area contributed by atoms with Crippen LogP contribution < -0.4 is 10.6 Å². The third-order valence-corrected chi connectivity index (χ3v) is 7.20. The maximum atomic E-state index is 5.07. The molecule has 31 heavy (non-hydrogen) atoms. The number of nitrogens with zero attached hydrogens (tertiary/aromatic N) is 4. The SMILES string of the molecule is C=c1nc(C(C)(C)C)n2c(nc3nc(C(C)(C)C)ccc32)/c1=C/C1=C(C)C2CCC1C2. The van der Waals surface area contributed by atoms with E-state index in [1.165, 1.54) is 24.8 Å². The summed E-state index contributed by atoms with van der Waals surface area (Å²) in [6.45, 7) is 19.8. The molecule has 0 amide bonds. The van der Waals surface area contributed by atoms with E-state index in [2.05, 4.69) is 77.7 Å². The number of pyridine rings is 1. The van der Waals surface area contributed by atoms with Crippen molar-refractivity contribution >= 4 is 29.5 Å². The Morgan fingerprint density at radius 1 is 0.968 bits per heavy atom. The van der Waals surface area contributed by atoms with Gasteiger partial charge in [-0.15, -0.1) is 0 Å². The van der Waals surface area contributed by atoms with E-state index >= 15 is 0 Å². The zero-order valence-corrected chi connectivity index (χ0v) is 20.0. The Kier molecular flexibility index (Phi) is 4.28. The van der Waals surface area contributed by atoms with Gasteiger partial charge in [-0.25, -0.2) is 15.0 Å². The summed E-state index contributed by atoms with van der Waals surface area (Å²) >= 11 is 0. The molecule has 2 unspecified atom stereocenters. The molecule has 0 aliphatic heterocycles. The van der Waals surface area contributed by atoms with Crippen LogP contribution in [-0.2, 0) is 10.8 Å². The molecule has 0 spiro atoms. The van der Waals surface area contributed by atoms with Crippen LogP contribution >= 0.6 is 0 Å². The molecule has 4 nitrogen and oxygen atoms in total. The Labute approximate surface area is 184 Å². The number of hydrogen-bond donors (Lipinski definition) is 0. The van der Waals surface area contributed by atoms with Gasteiger partial charge in [0.2, 0.25) is 0 Å². The first-order chi connectivity index (χ1) is 14.4. The van der Waals surface area contributed by atoms with E-state index in [9.17, 15) is 0 Å². The molecule has 2 aliphatic carbocycles. The molecule has 2 atom stereocenters.